The van der Waals surface area contributed by atoms with E-state index in [-0.39, 0.29) is 0 Å². The minimum atomic E-state index is 0.412. The molecule has 4 nitrogen and oxygen atoms in total. The number of methoxy groups -OCH3 is 1. The summed E-state index contributed by atoms with van der Waals surface area (Å²) in [6.45, 7) is 6.64. The van der Waals surface area contributed by atoms with Gasteiger partial charge in [0, 0.05) is 52.0 Å². The summed E-state index contributed by atoms with van der Waals surface area (Å²) in [7, 11) is 5.91. The monoisotopic (exact) mass is 263 g/mol. The molecule has 1 aliphatic heterocycles. The number of anilines is 1. The summed E-state index contributed by atoms with van der Waals surface area (Å²) in [4.78, 5) is 4.70. The summed E-state index contributed by atoms with van der Waals surface area (Å²) in [5.41, 5.74) is 2.61. The van der Waals surface area contributed by atoms with Crippen LogP contribution in [0.1, 0.15) is 18.5 Å². The van der Waals surface area contributed by atoms with Gasteiger partial charge in [-0.2, -0.15) is 0 Å². The van der Waals surface area contributed by atoms with Gasteiger partial charge in [0.1, 0.15) is 5.75 Å². The molecule has 1 aromatic rings. The summed E-state index contributed by atoms with van der Waals surface area (Å²) in [5.74, 6) is 0.933. The fourth-order valence-electron chi connectivity index (χ4n) is 2.67. The predicted octanol–water partition coefficient (Wildman–Crippen LogP) is 1.73. The largest absolute Gasteiger partial charge is 0.497 e. The molecule has 1 N–H and O–H groups in total. The Balaban J connectivity index is 2.29. The van der Waals surface area contributed by atoms with Crippen molar-refractivity contribution in [2.45, 2.75) is 13.0 Å². The van der Waals surface area contributed by atoms with Crippen LogP contribution < -0.4 is 15.0 Å². The second-order valence-electron chi connectivity index (χ2n) is 5.28. The molecular formula is C15H25N3O. The van der Waals surface area contributed by atoms with E-state index in [1.54, 1.807) is 7.11 Å². The Labute approximate surface area is 116 Å². The molecule has 19 heavy (non-hydrogen) atoms. The normalized spacial score (nSPS) is 18.1. The molecule has 1 heterocycles. The van der Waals surface area contributed by atoms with Crippen LogP contribution in [-0.4, -0.2) is 52.3 Å². The minimum absolute atomic E-state index is 0.412. The molecule has 0 saturated carbocycles. The topological polar surface area (TPSA) is 27.7 Å². The van der Waals surface area contributed by atoms with Crippen molar-refractivity contribution < 1.29 is 4.74 Å². The van der Waals surface area contributed by atoms with Gasteiger partial charge in [-0.15, -0.1) is 0 Å². The molecule has 1 saturated heterocycles. The first-order chi connectivity index (χ1) is 9.13. The van der Waals surface area contributed by atoms with Gasteiger partial charge in [-0.1, -0.05) is 0 Å². The van der Waals surface area contributed by atoms with Crippen LogP contribution >= 0.6 is 0 Å². The van der Waals surface area contributed by atoms with E-state index < -0.39 is 0 Å². The van der Waals surface area contributed by atoms with Gasteiger partial charge >= 0.3 is 0 Å². The maximum Gasteiger partial charge on any atom is 0.119 e. The number of nitrogens with one attached hydrogen (secondary N) is 1. The zero-order chi connectivity index (χ0) is 13.8. The molecule has 0 aromatic heterocycles. The predicted molar refractivity (Wildman–Crippen MR) is 80.2 cm³/mol. The van der Waals surface area contributed by atoms with E-state index in [0.29, 0.717) is 6.04 Å². The number of piperazine rings is 1. The van der Waals surface area contributed by atoms with E-state index in [1.165, 1.54) is 11.3 Å². The first kappa shape index (κ1) is 14.2. The maximum absolute atomic E-state index is 5.38. The third-order valence-electron chi connectivity index (χ3n) is 3.87. The second-order valence-corrected chi connectivity index (χ2v) is 5.28. The van der Waals surface area contributed by atoms with Crippen LogP contribution in [0, 0.1) is 0 Å². The molecule has 1 aliphatic rings. The van der Waals surface area contributed by atoms with Crippen LogP contribution in [0.3, 0.4) is 0 Å². The molecule has 0 amide bonds. The number of ether oxygens (including phenoxy) is 1. The fraction of sp³-hybridized carbons (Fsp3) is 0.600. The van der Waals surface area contributed by atoms with Crippen molar-refractivity contribution >= 4 is 5.69 Å². The molecule has 1 aromatic carbocycles. The van der Waals surface area contributed by atoms with Gasteiger partial charge in [0.05, 0.1) is 7.11 Å². The summed E-state index contributed by atoms with van der Waals surface area (Å²) in [6.07, 6.45) is 0. The zero-order valence-electron chi connectivity index (χ0n) is 12.4. The molecule has 0 spiro atoms. The Kier molecular flexibility index (Phi) is 4.66. The van der Waals surface area contributed by atoms with Crippen LogP contribution in [-0.2, 0) is 0 Å². The van der Waals surface area contributed by atoms with Crippen molar-refractivity contribution in [3.63, 3.8) is 0 Å². The van der Waals surface area contributed by atoms with Crippen molar-refractivity contribution in [1.29, 1.82) is 0 Å². The molecule has 2 rings (SSSR count). The lowest BCUT2D eigenvalue weighted by Crippen LogP contribution is -2.44. The number of nitrogens with zero attached hydrogens (tertiary/aromatic N) is 2. The summed E-state index contributed by atoms with van der Waals surface area (Å²) in [5, 5.41) is 3.40. The lowest BCUT2D eigenvalue weighted by atomic mass is 10.0. The number of benzene rings is 1. The van der Waals surface area contributed by atoms with E-state index in [4.69, 9.17) is 4.74 Å². The lowest BCUT2D eigenvalue weighted by Gasteiger charge is -2.34. The smallest absolute Gasteiger partial charge is 0.119 e. The van der Waals surface area contributed by atoms with Crippen LogP contribution in [0.5, 0.6) is 5.75 Å². The highest BCUT2D eigenvalue weighted by Gasteiger charge is 2.21. The second kappa shape index (κ2) is 6.26. The molecule has 1 fully saturated rings. The molecule has 106 valence electrons. The van der Waals surface area contributed by atoms with Gasteiger partial charge in [0.15, 0.2) is 0 Å². The van der Waals surface area contributed by atoms with Crippen LogP contribution in [0.25, 0.3) is 0 Å². The Hall–Kier alpha value is -1.26. The Morgan fingerprint density at radius 2 is 1.95 bits per heavy atom. The van der Waals surface area contributed by atoms with Gasteiger partial charge in [0.25, 0.3) is 0 Å². The van der Waals surface area contributed by atoms with Gasteiger partial charge < -0.3 is 15.0 Å². The van der Waals surface area contributed by atoms with Crippen LogP contribution in [0.4, 0.5) is 5.69 Å². The average molecular weight is 263 g/mol. The zero-order valence-corrected chi connectivity index (χ0v) is 12.4. The van der Waals surface area contributed by atoms with Crippen molar-refractivity contribution in [3.05, 3.63) is 23.8 Å². The van der Waals surface area contributed by atoms with E-state index in [2.05, 4.69) is 48.3 Å². The van der Waals surface area contributed by atoms with Gasteiger partial charge in [-0.25, -0.2) is 0 Å². The Morgan fingerprint density at radius 3 is 2.53 bits per heavy atom. The molecule has 4 heteroatoms. The van der Waals surface area contributed by atoms with Crippen molar-refractivity contribution in [1.82, 2.24) is 10.2 Å². The molecule has 0 aliphatic carbocycles. The van der Waals surface area contributed by atoms with E-state index >= 15 is 0 Å². The van der Waals surface area contributed by atoms with Gasteiger partial charge in [0.2, 0.25) is 0 Å². The minimum Gasteiger partial charge on any atom is -0.497 e. The standard InChI is InChI=1S/C15H25N3O/c1-12(18-9-7-16-8-10-18)14-11-13(19-4)5-6-15(14)17(2)3/h5-6,11-12,16H,7-10H2,1-4H3. The van der Waals surface area contributed by atoms with Gasteiger partial charge in [-0.3, -0.25) is 4.90 Å². The first-order valence-electron chi connectivity index (χ1n) is 6.93. The summed E-state index contributed by atoms with van der Waals surface area (Å²) in [6, 6.07) is 6.76. The highest BCUT2D eigenvalue weighted by Crippen LogP contribution is 2.32. The molecule has 0 radical (unpaired) electrons. The Bertz CT molecular complexity index is 414. The van der Waals surface area contributed by atoms with E-state index in [9.17, 15) is 0 Å². The maximum atomic E-state index is 5.38. The molecular weight excluding hydrogens is 238 g/mol. The average Bonchev–Trinajstić information content (AvgIpc) is 2.46. The third-order valence-corrected chi connectivity index (χ3v) is 3.87. The summed E-state index contributed by atoms with van der Waals surface area (Å²) < 4.78 is 5.38. The van der Waals surface area contributed by atoms with Crippen molar-refractivity contribution in [2.24, 2.45) is 0 Å². The van der Waals surface area contributed by atoms with E-state index in [1.807, 2.05) is 6.07 Å². The number of hydrogen-bond acceptors (Lipinski definition) is 4. The fourth-order valence-corrected chi connectivity index (χ4v) is 2.67. The first-order valence-corrected chi connectivity index (χ1v) is 6.93. The van der Waals surface area contributed by atoms with Gasteiger partial charge in [-0.05, 0) is 30.7 Å². The van der Waals surface area contributed by atoms with Crippen molar-refractivity contribution in [3.8, 4) is 5.75 Å². The SMILES string of the molecule is COc1ccc(N(C)C)c(C(C)N2CCNCC2)c1. The van der Waals surface area contributed by atoms with Crippen LogP contribution in [0.2, 0.25) is 0 Å². The third kappa shape index (κ3) is 3.19. The quantitative estimate of drug-likeness (QED) is 0.895. The molecule has 0 bridgehead atoms. The Morgan fingerprint density at radius 1 is 1.26 bits per heavy atom. The van der Waals surface area contributed by atoms with Crippen LogP contribution in [0.15, 0.2) is 18.2 Å². The lowest BCUT2D eigenvalue weighted by molar-refractivity contribution is 0.185. The van der Waals surface area contributed by atoms with Crippen molar-refractivity contribution in [2.75, 3.05) is 52.3 Å². The summed E-state index contributed by atoms with van der Waals surface area (Å²) >= 11 is 0. The highest BCUT2D eigenvalue weighted by atomic mass is 16.5. The molecule has 1 unspecified atom stereocenters. The van der Waals surface area contributed by atoms with E-state index in [0.717, 1.165) is 31.9 Å². The molecule has 1 atom stereocenters. The number of hydrogen-bond donors (Lipinski definition) is 1. The number of rotatable bonds is 4. The highest BCUT2D eigenvalue weighted by molar-refractivity contribution is 5.56.